The van der Waals surface area contributed by atoms with Gasteiger partial charge in [0, 0.05) is 23.8 Å². The monoisotopic (exact) mass is 448 g/mol. The van der Waals surface area contributed by atoms with Crippen LogP contribution in [0.2, 0.25) is 0 Å². The van der Waals surface area contributed by atoms with Gasteiger partial charge < -0.3 is 49.6 Å². The van der Waals surface area contributed by atoms with Crippen molar-refractivity contribution in [3.63, 3.8) is 0 Å². The number of aromatic hydroxyl groups is 3. The zero-order valence-corrected chi connectivity index (χ0v) is 16.3. The molecule has 7 N–H and O–H groups in total. The van der Waals surface area contributed by atoms with Gasteiger partial charge in [-0.3, -0.25) is 4.79 Å². The smallest absolute Gasteiger partial charge is 0.229 e. The van der Waals surface area contributed by atoms with Crippen LogP contribution in [0.25, 0.3) is 22.3 Å². The Morgan fingerprint density at radius 3 is 2.31 bits per heavy atom. The van der Waals surface area contributed by atoms with Crippen molar-refractivity contribution in [2.75, 3.05) is 6.61 Å². The minimum absolute atomic E-state index is 0.0298. The van der Waals surface area contributed by atoms with Gasteiger partial charge in [0.05, 0.1) is 6.61 Å². The van der Waals surface area contributed by atoms with Gasteiger partial charge in [0.15, 0.2) is 16.9 Å². The highest BCUT2D eigenvalue weighted by atomic mass is 16.7. The minimum atomic E-state index is -1.68. The Morgan fingerprint density at radius 1 is 0.875 bits per heavy atom. The normalized spacial score (nSPS) is 25.7. The Morgan fingerprint density at radius 2 is 1.62 bits per heavy atom. The number of hydrogen-bond acceptors (Lipinski definition) is 11. The molecule has 2 heterocycles. The van der Waals surface area contributed by atoms with Gasteiger partial charge >= 0.3 is 0 Å². The van der Waals surface area contributed by atoms with E-state index in [1.165, 1.54) is 24.3 Å². The Balaban J connectivity index is 1.72. The molecule has 1 aromatic heterocycles. The number of phenols is 3. The summed E-state index contributed by atoms with van der Waals surface area (Å²) in [7, 11) is 0. The highest BCUT2D eigenvalue weighted by Gasteiger charge is 2.44. The first kappa shape index (κ1) is 21.9. The molecule has 0 radical (unpaired) electrons. The average molecular weight is 448 g/mol. The quantitative estimate of drug-likeness (QED) is 0.261. The van der Waals surface area contributed by atoms with Gasteiger partial charge in [0.1, 0.15) is 52.6 Å². The molecule has 11 nitrogen and oxygen atoms in total. The molecule has 1 aliphatic rings. The molecule has 4 rings (SSSR count). The van der Waals surface area contributed by atoms with Gasteiger partial charge in [-0.2, -0.15) is 0 Å². The maximum Gasteiger partial charge on any atom is 0.229 e. The van der Waals surface area contributed by atoms with E-state index in [1.54, 1.807) is 0 Å². The summed E-state index contributed by atoms with van der Waals surface area (Å²) in [5.41, 5.74) is -0.413. The van der Waals surface area contributed by atoms with Crippen molar-refractivity contribution in [3.05, 3.63) is 46.6 Å². The summed E-state index contributed by atoms with van der Waals surface area (Å²) >= 11 is 0. The number of ether oxygens (including phenoxy) is 2. The summed E-state index contributed by atoms with van der Waals surface area (Å²) in [4.78, 5) is 12.5. The molecule has 0 aliphatic carbocycles. The molecule has 0 spiro atoms. The second kappa shape index (κ2) is 8.30. The average Bonchev–Trinajstić information content (AvgIpc) is 2.75. The molecule has 1 aliphatic heterocycles. The van der Waals surface area contributed by atoms with Crippen LogP contribution in [0.3, 0.4) is 0 Å². The Hall–Kier alpha value is -3.35. The number of hydrogen-bond donors (Lipinski definition) is 7. The lowest BCUT2D eigenvalue weighted by Gasteiger charge is -2.39. The summed E-state index contributed by atoms with van der Waals surface area (Å²) in [5, 5.41) is 68.5. The lowest BCUT2D eigenvalue weighted by Crippen LogP contribution is -2.60. The van der Waals surface area contributed by atoms with Gasteiger partial charge in [-0.1, -0.05) is 0 Å². The fraction of sp³-hybridized carbons (Fsp3) is 0.286. The van der Waals surface area contributed by atoms with Crippen LogP contribution in [0.1, 0.15) is 0 Å². The fourth-order valence-electron chi connectivity index (χ4n) is 3.43. The van der Waals surface area contributed by atoms with Gasteiger partial charge in [-0.25, -0.2) is 0 Å². The molecule has 0 saturated carbocycles. The van der Waals surface area contributed by atoms with Gasteiger partial charge in [0.2, 0.25) is 6.29 Å². The lowest BCUT2D eigenvalue weighted by molar-refractivity contribution is -0.277. The molecule has 11 heteroatoms. The zero-order chi connectivity index (χ0) is 23.2. The molecule has 1 saturated heterocycles. The topological polar surface area (TPSA) is 190 Å². The van der Waals surface area contributed by atoms with E-state index in [2.05, 4.69) is 0 Å². The number of aliphatic hydroxyl groups excluding tert-OH is 4. The van der Waals surface area contributed by atoms with Crippen molar-refractivity contribution in [1.82, 2.24) is 0 Å². The van der Waals surface area contributed by atoms with Gasteiger partial charge in [0.25, 0.3) is 0 Å². The van der Waals surface area contributed by atoms with Crippen molar-refractivity contribution in [3.8, 4) is 34.3 Å². The summed E-state index contributed by atoms with van der Waals surface area (Å²) in [5.74, 6) is -1.34. The van der Waals surface area contributed by atoms with E-state index in [4.69, 9.17) is 13.9 Å². The number of benzene rings is 2. The molecule has 5 atom stereocenters. The maximum atomic E-state index is 12.5. The molecule has 2 aromatic carbocycles. The first-order valence-electron chi connectivity index (χ1n) is 9.50. The summed E-state index contributed by atoms with van der Waals surface area (Å²) in [6.45, 7) is -0.647. The second-order valence-corrected chi connectivity index (χ2v) is 7.31. The number of phenolic OH excluding ortho intramolecular Hbond substituents is 3. The fourth-order valence-corrected chi connectivity index (χ4v) is 3.43. The first-order valence-corrected chi connectivity index (χ1v) is 9.50. The maximum absolute atomic E-state index is 12.5. The van der Waals surface area contributed by atoms with Crippen molar-refractivity contribution in [2.24, 2.45) is 0 Å². The minimum Gasteiger partial charge on any atom is -0.507 e. The summed E-state index contributed by atoms with van der Waals surface area (Å²) in [6.07, 6.45) is -7.61. The Kier molecular flexibility index (Phi) is 5.67. The first-order chi connectivity index (χ1) is 15.2. The molecule has 1 fully saturated rings. The molecular formula is C21H20O11. The zero-order valence-electron chi connectivity index (χ0n) is 16.3. The number of fused-ring (bicyclic) bond motifs is 1. The molecule has 3 aromatic rings. The molecular weight excluding hydrogens is 428 g/mol. The third kappa shape index (κ3) is 3.83. The number of aliphatic hydroxyl groups is 4. The van der Waals surface area contributed by atoms with Crippen LogP contribution >= 0.6 is 0 Å². The van der Waals surface area contributed by atoms with Crippen molar-refractivity contribution >= 4 is 11.0 Å². The molecule has 0 amide bonds. The SMILES string of the molecule is O=c1cc(-c2ccc(O)c(O)c2)oc2cc(O[C@H]3O[C@H](CO)[C@@H](O)[C@@H](O)[C@@H]3O)cc(O)c12. The van der Waals surface area contributed by atoms with Crippen LogP contribution in [0.4, 0.5) is 0 Å². The third-order valence-electron chi connectivity index (χ3n) is 5.14. The largest absolute Gasteiger partial charge is 0.507 e. The number of rotatable bonds is 4. The van der Waals surface area contributed by atoms with Crippen molar-refractivity contribution in [1.29, 1.82) is 0 Å². The van der Waals surface area contributed by atoms with E-state index in [9.17, 15) is 40.5 Å². The van der Waals surface area contributed by atoms with Crippen LogP contribution in [-0.4, -0.2) is 73.1 Å². The third-order valence-corrected chi connectivity index (χ3v) is 5.14. The van der Waals surface area contributed by atoms with E-state index in [0.29, 0.717) is 0 Å². The van der Waals surface area contributed by atoms with Gasteiger partial charge in [-0.15, -0.1) is 0 Å². The van der Waals surface area contributed by atoms with E-state index >= 15 is 0 Å². The second-order valence-electron chi connectivity index (χ2n) is 7.31. The highest BCUT2D eigenvalue weighted by Crippen LogP contribution is 2.35. The Labute approximate surface area is 179 Å². The predicted molar refractivity (Wildman–Crippen MR) is 107 cm³/mol. The van der Waals surface area contributed by atoms with Crippen LogP contribution < -0.4 is 10.2 Å². The van der Waals surface area contributed by atoms with Crippen molar-refractivity contribution < 1.29 is 49.6 Å². The van der Waals surface area contributed by atoms with E-state index < -0.39 is 54.2 Å². The van der Waals surface area contributed by atoms with E-state index in [-0.39, 0.29) is 33.8 Å². The van der Waals surface area contributed by atoms with Crippen LogP contribution in [0, 0.1) is 0 Å². The predicted octanol–water partition coefficient (Wildman–Crippen LogP) is -0.245. The molecule has 32 heavy (non-hydrogen) atoms. The highest BCUT2D eigenvalue weighted by molar-refractivity contribution is 5.86. The standard InChI is InChI=1S/C21H20O11/c22-7-16-18(27)19(28)20(29)21(32-16)30-9-4-12(25)17-13(26)6-14(31-15(17)5-9)8-1-2-10(23)11(24)3-8/h1-6,16,18-25,27-29H,7H2/t16-,18-,19-,20+,21+/m1/s1. The van der Waals surface area contributed by atoms with Gasteiger partial charge in [-0.05, 0) is 18.2 Å². The summed E-state index contributed by atoms with van der Waals surface area (Å²) < 4.78 is 16.4. The Bertz CT molecular complexity index is 1200. The van der Waals surface area contributed by atoms with E-state index in [1.807, 2.05) is 0 Å². The molecule has 0 unspecified atom stereocenters. The van der Waals surface area contributed by atoms with Crippen molar-refractivity contribution in [2.45, 2.75) is 30.7 Å². The lowest BCUT2D eigenvalue weighted by atomic mass is 9.99. The summed E-state index contributed by atoms with van der Waals surface area (Å²) in [6, 6.07) is 7.23. The van der Waals surface area contributed by atoms with Crippen LogP contribution in [-0.2, 0) is 4.74 Å². The van der Waals surface area contributed by atoms with Crippen LogP contribution in [0.5, 0.6) is 23.0 Å². The molecule has 170 valence electrons. The van der Waals surface area contributed by atoms with E-state index in [0.717, 1.165) is 12.1 Å². The van der Waals surface area contributed by atoms with Crippen LogP contribution in [0.15, 0.2) is 45.6 Å². The molecule has 0 bridgehead atoms.